The summed E-state index contributed by atoms with van der Waals surface area (Å²) in [6, 6.07) is 10.5. The highest BCUT2D eigenvalue weighted by Gasteiger charge is 2.11. The third-order valence-corrected chi connectivity index (χ3v) is 3.06. The molecule has 0 heterocycles. The van der Waals surface area contributed by atoms with Crippen molar-refractivity contribution in [2.45, 2.75) is 19.4 Å². The highest BCUT2D eigenvalue weighted by atomic mass is 19.1. The fourth-order valence-electron chi connectivity index (χ4n) is 1.83. The van der Waals surface area contributed by atoms with Gasteiger partial charge in [0.15, 0.2) is 11.6 Å². The summed E-state index contributed by atoms with van der Waals surface area (Å²) >= 11 is 0. The lowest BCUT2D eigenvalue weighted by atomic mass is 10.1. The van der Waals surface area contributed by atoms with Gasteiger partial charge in [-0.25, -0.2) is 8.78 Å². The van der Waals surface area contributed by atoms with E-state index in [4.69, 9.17) is 4.74 Å². The van der Waals surface area contributed by atoms with E-state index in [1.165, 1.54) is 11.6 Å². The van der Waals surface area contributed by atoms with Crippen LogP contribution in [0.2, 0.25) is 0 Å². The van der Waals surface area contributed by atoms with Gasteiger partial charge in [0.2, 0.25) is 0 Å². The summed E-state index contributed by atoms with van der Waals surface area (Å²) in [4.78, 5) is 0. The predicted molar refractivity (Wildman–Crippen MR) is 72.6 cm³/mol. The Morgan fingerprint density at radius 1 is 1.10 bits per heavy atom. The van der Waals surface area contributed by atoms with Crippen LogP contribution in [0.15, 0.2) is 42.5 Å². The molecule has 0 fully saturated rings. The summed E-state index contributed by atoms with van der Waals surface area (Å²) in [6.45, 7) is 1.96. The zero-order valence-electron chi connectivity index (χ0n) is 11.1. The zero-order chi connectivity index (χ0) is 14.5. The summed E-state index contributed by atoms with van der Waals surface area (Å²) in [6.07, 6.45) is 0.0681. The molecule has 0 radical (unpaired) electrons. The molecular weight excluding hydrogens is 262 g/mol. The van der Waals surface area contributed by atoms with Crippen LogP contribution in [0.5, 0.6) is 5.75 Å². The number of aliphatic hydroxyl groups excluding tert-OH is 1. The Morgan fingerprint density at radius 3 is 2.40 bits per heavy atom. The SMILES string of the molecule is CCc1ccc(C(O)COc2ccc(F)cc2F)cc1. The molecule has 0 bridgehead atoms. The van der Waals surface area contributed by atoms with Crippen molar-refractivity contribution in [3.63, 3.8) is 0 Å². The minimum absolute atomic E-state index is 0.0735. The van der Waals surface area contributed by atoms with Crippen molar-refractivity contribution in [3.05, 3.63) is 65.2 Å². The lowest BCUT2D eigenvalue weighted by molar-refractivity contribution is 0.106. The average Bonchev–Trinajstić information content (AvgIpc) is 2.46. The Kier molecular flexibility index (Phi) is 4.69. The molecule has 2 aromatic rings. The maximum Gasteiger partial charge on any atom is 0.167 e. The Labute approximate surface area is 116 Å². The number of halogens is 2. The first kappa shape index (κ1) is 14.5. The van der Waals surface area contributed by atoms with E-state index in [-0.39, 0.29) is 12.4 Å². The van der Waals surface area contributed by atoms with Crippen molar-refractivity contribution in [2.24, 2.45) is 0 Å². The lowest BCUT2D eigenvalue weighted by Gasteiger charge is -2.13. The van der Waals surface area contributed by atoms with Crippen LogP contribution in [0.25, 0.3) is 0 Å². The molecule has 0 spiro atoms. The van der Waals surface area contributed by atoms with E-state index < -0.39 is 17.7 Å². The smallest absolute Gasteiger partial charge is 0.167 e. The molecule has 2 nitrogen and oxygen atoms in total. The zero-order valence-corrected chi connectivity index (χ0v) is 11.1. The van der Waals surface area contributed by atoms with Gasteiger partial charge in [0.05, 0.1) is 0 Å². The molecule has 0 saturated carbocycles. The Morgan fingerprint density at radius 2 is 1.80 bits per heavy atom. The first-order valence-electron chi connectivity index (χ1n) is 6.45. The van der Waals surface area contributed by atoms with Gasteiger partial charge in [0.25, 0.3) is 0 Å². The monoisotopic (exact) mass is 278 g/mol. The maximum atomic E-state index is 13.4. The molecule has 2 rings (SSSR count). The van der Waals surface area contributed by atoms with Crippen molar-refractivity contribution in [1.29, 1.82) is 0 Å². The molecule has 1 unspecified atom stereocenters. The van der Waals surface area contributed by atoms with Crippen molar-refractivity contribution < 1.29 is 18.6 Å². The van der Waals surface area contributed by atoms with E-state index in [0.29, 0.717) is 5.56 Å². The number of aryl methyl sites for hydroxylation is 1. The van der Waals surface area contributed by atoms with Gasteiger partial charge in [0, 0.05) is 6.07 Å². The van der Waals surface area contributed by atoms with Crippen LogP contribution in [0.3, 0.4) is 0 Å². The quantitative estimate of drug-likeness (QED) is 0.904. The van der Waals surface area contributed by atoms with Crippen LogP contribution in [0.1, 0.15) is 24.2 Å². The molecule has 0 aliphatic carbocycles. The molecule has 2 aromatic carbocycles. The molecule has 1 atom stereocenters. The molecule has 0 aliphatic heterocycles. The average molecular weight is 278 g/mol. The predicted octanol–water partition coefficient (Wildman–Crippen LogP) is 3.64. The Bertz CT molecular complexity index is 567. The number of rotatable bonds is 5. The van der Waals surface area contributed by atoms with Gasteiger partial charge in [0.1, 0.15) is 18.5 Å². The number of benzene rings is 2. The molecule has 0 amide bonds. The van der Waals surface area contributed by atoms with E-state index >= 15 is 0 Å². The van der Waals surface area contributed by atoms with Crippen molar-refractivity contribution in [2.75, 3.05) is 6.61 Å². The molecule has 0 saturated heterocycles. The van der Waals surface area contributed by atoms with E-state index in [9.17, 15) is 13.9 Å². The molecule has 0 aromatic heterocycles. The molecule has 20 heavy (non-hydrogen) atoms. The minimum Gasteiger partial charge on any atom is -0.487 e. The first-order chi connectivity index (χ1) is 9.60. The summed E-state index contributed by atoms with van der Waals surface area (Å²) in [5, 5.41) is 9.97. The third-order valence-electron chi connectivity index (χ3n) is 3.06. The molecule has 0 aliphatic rings. The second-order valence-corrected chi connectivity index (χ2v) is 4.50. The largest absolute Gasteiger partial charge is 0.487 e. The maximum absolute atomic E-state index is 13.4. The Hall–Kier alpha value is -1.94. The van der Waals surface area contributed by atoms with Crippen LogP contribution in [-0.4, -0.2) is 11.7 Å². The lowest BCUT2D eigenvalue weighted by Crippen LogP contribution is -2.10. The highest BCUT2D eigenvalue weighted by Crippen LogP contribution is 2.20. The highest BCUT2D eigenvalue weighted by molar-refractivity contribution is 5.26. The van der Waals surface area contributed by atoms with Crippen molar-refractivity contribution >= 4 is 0 Å². The summed E-state index contributed by atoms with van der Waals surface area (Å²) < 4.78 is 31.3. The standard InChI is InChI=1S/C16H16F2O2/c1-2-11-3-5-12(6-4-11)15(19)10-20-16-8-7-13(17)9-14(16)18/h3-9,15,19H,2,10H2,1H3. The summed E-state index contributed by atoms with van der Waals surface area (Å²) in [7, 11) is 0. The fraction of sp³-hybridized carbons (Fsp3) is 0.250. The Balaban J connectivity index is 1.98. The van der Waals surface area contributed by atoms with E-state index in [1.54, 1.807) is 0 Å². The normalized spacial score (nSPS) is 12.2. The van der Waals surface area contributed by atoms with Crippen molar-refractivity contribution in [1.82, 2.24) is 0 Å². The summed E-state index contributed by atoms with van der Waals surface area (Å²) in [5.74, 6) is -1.51. The van der Waals surface area contributed by atoms with Gasteiger partial charge < -0.3 is 9.84 Å². The number of ether oxygens (including phenoxy) is 1. The van der Waals surface area contributed by atoms with Crippen LogP contribution in [-0.2, 0) is 6.42 Å². The van der Waals surface area contributed by atoms with Crippen LogP contribution in [0.4, 0.5) is 8.78 Å². The first-order valence-corrected chi connectivity index (χ1v) is 6.45. The fourth-order valence-corrected chi connectivity index (χ4v) is 1.83. The summed E-state index contributed by atoms with van der Waals surface area (Å²) in [5.41, 5.74) is 1.87. The van der Waals surface area contributed by atoms with Crippen LogP contribution in [0, 0.1) is 11.6 Å². The van der Waals surface area contributed by atoms with Gasteiger partial charge in [-0.05, 0) is 29.7 Å². The van der Waals surface area contributed by atoms with Gasteiger partial charge >= 0.3 is 0 Å². The molecule has 4 heteroatoms. The van der Waals surface area contributed by atoms with E-state index in [1.807, 2.05) is 31.2 Å². The number of hydrogen-bond acceptors (Lipinski definition) is 2. The molecule has 106 valence electrons. The number of hydrogen-bond donors (Lipinski definition) is 1. The van der Waals surface area contributed by atoms with Crippen LogP contribution >= 0.6 is 0 Å². The second-order valence-electron chi connectivity index (χ2n) is 4.50. The van der Waals surface area contributed by atoms with Crippen molar-refractivity contribution in [3.8, 4) is 5.75 Å². The van der Waals surface area contributed by atoms with Gasteiger partial charge in [-0.2, -0.15) is 0 Å². The topological polar surface area (TPSA) is 29.5 Å². The van der Waals surface area contributed by atoms with Gasteiger partial charge in [-0.1, -0.05) is 31.2 Å². The second kappa shape index (κ2) is 6.48. The minimum atomic E-state index is -0.856. The van der Waals surface area contributed by atoms with Gasteiger partial charge in [-0.3, -0.25) is 0 Å². The molecular formula is C16H16F2O2. The van der Waals surface area contributed by atoms with E-state index in [2.05, 4.69) is 0 Å². The van der Waals surface area contributed by atoms with E-state index in [0.717, 1.165) is 18.6 Å². The van der Waals surface area contributed by atoms with Crippen LogP contribution < -0.4 is 4.74 Å². The third kappa shape index (κ3) is 3.54. The number of aliphatic hydroxyl groups is 1. The molecule has 1 N–H and O–H groups in total. The van der Waals surface area contributed by atoms with Gasteiger partial charge in [-0.15, -0.1) is 0 Å².